The molecule has 1 aliphatic rings. The fourth-order valence-electron chi connectivity index (χ4n) is 0.886. The number of hydrogen-bond acceptors (Lipinski definition) is 2. The zero-order chi connectivity index (χ0) is 6.69. The molecule has 0 aromatic rings. The number of cyclic esters (lactones) is 1. The van der Waals surface area contributed by atoms with Gasteiger partial charge in [-0.2, -0.15) is 0 Å². The molecule has 9 heavy (non-hydrogen) atoms. The van der Waals surface area contributed by atoms with Gasteiger partial charge in [0.25, 0.3) is 0 Å². The Morgan fingerprint density at radius 1 is 1.78 bits per heavy atom. The van der Waals surface area contributed by atoms with Gasteiger partial charge >= 0.3 is 5.97 Å². The second kappa shape index (κ2) is 3.06. The zero-order valence-corrected chi connectivity index (χ0v) is 5.86. The lowest BCUT2D eigenvalue weighted by Crippen LogP contribution is -2.24. The Kier molecular flexibility index (Phi) is 2.34. The smallest absolute Gasteiger partial charge is 0.306 e. The predicted molar refractivity (Wildman–Crippen MR) is 34.5 cm³/mol. The van der Waals surface area contributed by atoms with E-state index in [0.29, 0.717) is 12.3 Å². The highest BCUT2D eigenvalue weighted by atomic mass is 35.5. The molecule has 0 radical (unpaired) electrons. The van der Waals surface area contributed by atoms with Gasteiger partial charge in [0.15, 0.2) is 0 Å². The number of carbonyl (C=O) groups excluding carboxylic acids is 1. The Balaban J connectivity index is 2.32. The van der Waals surface area contributed by atoms with E-state index < -0.39 is 0 Å². The van der Waals surface area contributed by atoms with Gasteiger partial charge in [-0.3, -0.25) is 4.79 Å². The number of esters is 1. The molecule has 2 nitrogen and oxygen atoms in total. The van der Waals surface area contributed by atoms with Crippen LogP contribution in [0.3, 0.4) is 0 Å². The summed E-state index contributed by atoms with van der Waals surface area (Å²) in [6.45, 7) is 0. The first-order valence-corrected chi connectivity index (χ1v) is 3.62. The zero-order valence-electron chi connectivity index (χ0n) is 5.10. The summed E-state index contributed by atoms with van der Waals surface area (Å²) in [5.41, 5.74) is 0. The normalized spacial score (nSPS) is 27.7. The number of rotatable bonds is 1. The minimum absolute atomic E-state index is 0.0204. The van der Waals surface area contributed by atoms with E-state index in [1.54, 1.807) is 0 Å². The summed E-state index contributed by atoms with van der Waals surface area (Å²) >= 11 is 5.47. The van der Waals surface area contributed by atoms with Crippen LogP contribution in [0.5, 0.6) is 0 Å². The molecule has 0 N–H and O–H groups in total. The first kappa shape index (κ1) is 6.87. The van der Waals surface area contributed by atoms with Gasteiger partial charge in [-0.1, -0.05) is 0 Å². The van der Waals surface area contributed by atoms with E-state index in [2.05, 4.69) is 0 Å². The Hall–Kier alpha value is -0.240. The summed E-state index contributed by atoms with van der Waals surface area (Å²) in [6, 6.07) is 0. The Labute approximate surface area is 59.1 Å². The van der Waals surface area contributed by atoms with Gasteiger partial charge in [-0.15, -0.1) is 11.6 Å². The predicted octanol–water partition coefficient (Wildman–Crippen LogP) is 1.32. The number of ether oxygens (including phenoxy) is 1. The highest BCUT2D eigenvalue weighted by Crippen LogP contribution is 2.14. The minimum Gasteiger partial charge on any atom is -0.461 e. The third-order valence-corrected chi connectivity index (χ3v) is 1.72. The summed E-state index contributed by atoms with van der Waals surface area (Å²) in [4.78, 5) is 10.6. The van der Waals surface area contributed by atoms with Crippen LogP contribution in [0.15, 0.2) is 0 Å². The monoisotopic (exact) mass is 148 g/mol. The molecule has 52 valence electrons. The molecule has 0 saturated carbocycles. The quantitative estimate of drug-likeness (QED) is 0.414. The van der Waals surface area contributed by atoms with E-state index in [1.807, 2.05) is 0 Å². The van der Waals surface area contributed by atoms with Gasteiger partial charge in [0.05, 0.1) is 5.88 Å². The van der Waals surface area contributed by atoms with Gasteiger partial charge in [-0.25, -0.2) is 0 Å². The van der Waals surface area contributed by atoms with E-state index in [4.69, 9.17) is 16.3 Å². The van der Waals surface area contributed by atoms with Crippen molar-refractivity contribution in [3.8, 4) is 0 Å². The summed E-state index contributed by atoms with van der Waals surface area (Å²) in [5, 5.41) is 0. The first-order valence-electron chi connectivity index (χ1n) is 3.08. The maximum absolute atomic E-state index is 10.6. The topological polar surface area (TPSA) is 26.3 Å². The molecule has 0 unspecified atom stereocenters. The number of alkyl halides is 1. The van der Waals surface area contributed by atoms with E-state index >= 15 is 0 Å². The molecule has 1 heterocycles. The van der Waals surface area contributed by atoms with Crippen LogP contribution in [0.4, 0.5) is 0 Å². The fourth-order valence-corrected chi connectivity index (χ4v) is 1.10. The van der Waals surface area contributed by atoms with Crippen molar-refractivity contribution in [2.75, 3.05) is 5.88 Å². The van der Waals surface area contributed by atoms with Crippen LogP contribution >= 0.6 is 11.6 Å². The number of hydrogen-bond donors (Lipinski definition) is 0. The molecule has 0 amide bonds. The maximum atomic E-state index is 10.6. The molecule has 1 aliphatic heterocycles. The second-order valence-electron chi connectivity index (χ2n) is 2.16. The molecule has 0 aromatic heterocycles. The molecule has 1 atom stereocenters. The third-order valence-electron chi connectivity index (χ3n) is 1.38. The van der Waals surface area contributed by atoms with Crippen molar-refractivity contribution in [1.29, 1.82) is 0 Å². The van der Waals surface area contributed by atoms with Crippen LogP contribution < -0.4 is 0 Å². The fraction of sp³-hybridized carbons (Fsp3) is 0.833. The molecule has 3 heteroatoms. The van der Waals surface area contributed by atoms with Crippen molar-refractivity contribution in [3.05, 3.63) is 0 Å². The average Bonchev–Trinajstić information content (AvgIpc) is 1.88. The van der Waals surface area contributed by atoms with E-state index in [1.165, 1.54) is 0 Å². The van der Waals surface area contributed by atoms with Crippen LogP contribution in [0.2, 0.25) is 0 Å². The molecular weight excluding hydrogens is 140 g/mol. The molecule has 1 rings (SSSR count). The van der Waals surface area contributed by atoms with Crippen molar-refractivity contribution < 1.29 is 9.53 Å². The van der Waals surface area contributed by atoms with Crippen LogP contribution in [0, 0.1) is 0 Å². The standard InChI is InChI=1S/C6H9ClO2/c7-4-5-2-1-3-6(8)9-5/h5H,1-4H2/t5-/m0/s1. The molecule has 0 bridgehead atoms. The molecular formula is C6H9ClO2. The first-order chi connectivity index (χ1) is 4.33. The van der Waals surface area contributed by atoms with Crippen LogP contribution in [0.25, 0.3) is 0 Å². The maximum Gasteiger partial charge on any atom is 0.306 e. The molecule has 1 fully saturated rings. The average molecular weight is 149 g/mol. The third kappa shape index (κ3) is 1.86. The molecule has 1 saturated heterocycles. The van der Waals surface area contributed by atoms with Crippen molar-refractivity contribution in [1.82, 2.24) is 0 Å². The summed E-state index contributed by atoms with van der Waals surface area (Å²) in [6.07, 6.45) is 2.40. The highest BCUT2D eigenvalue weighted by molar-refractivity contribution is 6.18. The van der Waals surface area contributed by atoms with E-state index in [-0.39, 0.29) is 12.1 Å². The van der Waals surface area contributed by atoms with Gasteiger partial charge in [-0.05, 0) is 12.8 Å². The summed E-state index contributed by atoms with van der Waals surface area (Å²) < 4.78 is 4.86. The summed E-state index contributed by atoms with van der Waals surface area (Å²) in [5.74, 6) is 0.332. The van der Waals surface area contributed by atoms with Gasteiger partial charge in [0.2, 0.25) is 0 Å². The lowest BCUT2D eigenvalue weighted by Gasteiger charge is -2.19. The molecule has 0 aliphatic carbocycles. The van der Waals surface area contributed by atoms with Gasteiger partial charge in [0, 0.05) is 6.42 Å². The van der Waals surface area contributed by atoms with E-state index in [0.717, 1.165) is 12.8 Å². The number of carbonyl (C=O) groups is 1. The Morgan fingerprint density at radius 2 is 2.56 bits per heavy atom. The highest BCUT2D eigenvalue weighted by Gasteiger charge is 2.18. The van der Waals surface area contributed by atoms with Gasteiger partial charge < -0.3 is 4.74 Å². The van der Waals surface area contributed by atoms with Crippen molar-refractivity contribution >= 4 is 17.6 Å². The van der Waals surface area contributed by atoms with E-state index in [9.17, 15) is 4.79 Å². The van der Waals surface area contributed by atoms with Crippen LogP contribution in [-0.2, 0) is 9.53 Å². The van der Waals surface area contributed by atoms with Crippen LogP contribution in [-0.4, -0.2) is 18.0 Å². The van der Waals surface area contributed by atoms with Crippen molar-refractivity contribution in [2.24, 2.45) is 0 Å². The summed E-state index contributed by atoms with van der Waals surface area (Å²) in [7, 11) is 0. The minimum atomic E-state index is -0.105. The van der Waals surface area contributed by atoms with Crippen molar-refractivity contribution in [3.63, 3.8) is 0 Å². The lowest BCUT2D eigenvalue weighted by atomic mass is 10.1. The lowest BCUT2D eigenvalue weighted by molar-refractivity contribution is -0.152. The van der Waals surface area contributed by atoms with Gasteiger partial charge in [0.1, 0.15) is 6.10 Å². The van der Waals surface area contributed by atoms with Crippen LogP contribution in [0.1, 0.15) is 19.3 Å². The second-order valence-corrected chi connectivity index (χ2v) is 2.47. The molecule has 0 aromatic carbocycles. The largest absolute Gasteiger partial charge is 0.461 e. The SMILES string of the molecule is O=C1CCC[C@@H](CCl)O1. The molecule has 0 spiro atoms. The Morgan fingerprint density at radius 3 is 3.00 bits per heavy atom. The Bertz CT molecular complexity index is 114. The van der Waals surface area contributed by atoms with Crippen molar-refractivity contribution in [2.45, 2.75) is 25.4 Å². The number of halogens is 1.